The van der Waals surface area contributed by atoms with Gasteiger partial charge in [-0.15, -0.1) is 0 Å². The molecule has 0 unspecified atom stereocenters. The van der Waals surface area contributed by atoms with E-state index in [-0.39, 0.29) is 0 Å². The van der Waals surface area contributed by atoms with Crippen molar-refractivity contribution in [3.63, 3.8) is 0 Å². The molecule has 0 fully saturated rings. The SMILES string of the molecule is c1ccncc1.c1cncnc1.c1ncncn1. The molecule has 18 heavy (non-hydrogen) atoms. The standard InChI is InChI=1S/C5H5N.C4H4N2.C3H3N3/c1-2-4-6-5-3-1;1-2-5-4-6-3-1;1-4-2-6-3-5-1/h1-5H;1-4H;1-3H. The Morgan fingerprint density at radius 1 is 0.333 bits per heavy atom. The topological polar surface area (TPSA) is 77.3 Å². The number of aromatic nitrogens is 6. The van der Waals surface area contributed by atoms with Gasteiger partial charge in [0.05, 0.1) is 0 Å². The number of hydrogen-bond acceptors (Lipinski definition) is 6. The molecule has 3 heterocycles. The highest BCUT2D eigenvalue weighted by Crippen LogP contribution is 1.73. The van der Waals surface area contributed by atoms with Gasteiger partial charge in [0.15, 0.2) is 0 Å². The summed E-state index contributed by atoms with van der Waals surface area (Å²) in [4.78, 5) is 21.8. The van der Waals surface area contributed by atoms with E-state index in [0.717, 1.165) is 0 Å². The molecule has 0 bridgehead atoms. The Balaban J connectivity index is 0.000000135. The molecule has 90 valence electrons. The first kappa shape index (κ1) is 13.3. The summed E-state index contributed by atoms with van der Waals surface area (Å²) < 4.78 is 0. The molecule has 0 amide bonds. The molecule has 0 aliphatic heterocycles. The molecule has 3 aromatic heterocycles. The van der Waals surface area contributed by atoms with Gasteiger partial charge in [0.2, 0.25) is 0 Å². The van der Waals surface area contributed by atoms with Crippen LogP contribution in [0.25, 0.3) is 0 Å². The van der Waals surface area contributed by atoms with Gasteiger partial charge in [-0.05, 0) is 18.2 Å². The third kappa shape index (κ3) is 8.54. The Labute approximate surface area is 105 Å². The third-order valence-electron chi connectivity index (χ3n) is 1.44. The highest BCUT2D eigenvalue weighted by molar-refractivity contribution is 4.88. The summed E-state index contributed by atoms with van der Waals surface area (Å²) in [7, 11) is 0. The first-order valence-electron chi connectivity index (χ1n) is 5.10. The fourth-order valence-corrected chi connectivity index (χ4v) is 0.771. The third-order valence-corrected chi connectivity index (χ3v) is 1.44. The van der Waals surface area contributed by atoms with Gasteiger partial charge in [-0.2, -0.15) is 0 Å². The fraction of sp³-hybridized carbons (Fsp3) is 0. The zero-order valence-corrected chi connectivity index (χ0v) is 9.61. The maximum atomic E-state index is 3.78. The summed E-state index contributed by atoms with van der Waals surface area (Å²) in [6, 6.07) is 7.49. The van der Waals surface area contributed by atoms with E-state index in [2.05, 4.69) is 29.9 Å². The van der Waals surface area contributed by atoms with Crippen LogP contribution < -0.4 is 0 Å². The van der Waals surface area contributed by atoms with Crippen molar-refractivity contribution in [1.29, 1.82) is 0 Å². The minimum absolute atomic E-state index is 1.44. The largest absolute Gasteiger partial charge is 0.265 e. The molecular weight excluding hydrogens is 228 g/mol. The Kier molecular flexibility index (Phi) is 7.94. The molecule has 0 aliphatic rings. The summed E-state index contributed by atoms with van der Waals surface area (Å²) in [5, 5.41) is 0. The van der Waals surface area contributed by atoms with E-state index in [0.29, 0.717) is 0 Å². The van der Waals surface area contributed by atoms with Crippen LogP contribution in [0.3, 0.4) is 0 Å². The van der Waals surface area contributed by atoms with Gasteiger partial charge >= 0.3 is 0 Å². The van der Waals surface area contributed by atoms with E-state index >= 15 is 0 Å². The van der Waals surface area contributed by atoms with Gasteiger partial charge in [0, 0.05) is 24.8 Å². The molecular formula is C12H12N6. The quantitative estimate of drug-likeness (QED) is 0.591. The summed E-state index contributed by atoms with van der Waals surface area (Å²) in [6.07, 6.45) is 12.7. The highest BCUT2D eigenvalue weighted by Gasteiger charge is 1.60. The second kappa shape index (κ2) is 10.7. The maximum absolute atomic E-state index is 3.78. The zero-order valence-electron chi connectivity index (χ0n) is 9.61. The van der Waals surface area contributed by atoms with E-state index in [4.69, 9.17) is 0 Å². The molecule has 0 saturated carbocycles. The summed E-state index contributed by atoms with van der Waals surface area (Å²) in [6.45, 7) is 0. The summed E-state index contributed by atoms with van der Waals surface area (Å²) >= 11 is 0. The second-order valence-corrected chi connectivity index (χ2v) is 2.72. The van der Waals surface area contributed by atoms with Crippen molar-refractivity contribution < 1.29 is 0 Å². The van der Waals surface area contributed by atoms with Crippen molar-refractivity contribution in [2.75, 3.05) is 0 Å². The van der Waals surface area contributed by atoms with Crippen LogP contribution in [0.2, 0.25) is 0 Å². The lowest BCUT2D eigenvalue weighted by Gasteiger charge is -1.70. The normalized spacial score (nSPS) is 8.00. The van der Waals surface area contributed by atoms with E-state index < -0.39 is 0 Å². The van der Waals surface area contributed by atoms with E-state index in [1.54, 1.807) is 30.9 Å². The van der Waals surface area contributed by atoms with Crippen LogP contribution >= 0.6 is 0 Å². The number of rotatable bonds is 0. The van der Waals surface area contributed by atoms with E-state index in [1.165, 1.54) is 25.3 Å². The van der Waals surface area contributed by atoms with Crippen LogP contribution in [-0.2, 0) is 0 Å². The lowest BCUT2D eigenvalue weighted by atomic mass is 10.5. The minimum atomic E-state index is 1.44. The Hall–Kier alpha value is -2.76. The van der Waals surface area contributed by atoms with Gasteiger partial charge in [-0.1, -0.05) is 6.07 Å². The Bertz CT molecular complexity index is 307. The van der Waals surface area contributed by atoms with Crippen LogP contribution in [0.15, 0.2) is 74.4 Å². The van der Waals surface area contributed by atoms with Gasteiger partial charge in [-0.25, -0.2) is 24.9 Å². The first-order chi connectivity index (χ1) is 9.00. The second-order valence-electron chi connectivity index (χ2n) is 2.72. The van der Waals surface area contributed by atoms with Crippen molar-refractivity contribution in [1.82, 2.24) is 29.9 Å². The van der Waals surface area contributed by atoms with Crippen molar-refractivity contribution in [3.05, 3.63) is 74.4 Å². The maximum Gasteiger partial charge on any atom is 0.119 e. The van der Waals surface area contributed by atoms with Crippen LogP contribution in [0.4, 0.5) is 0 Å². The number of pyridine rings is 1. The van der Waals surface area contributed by atoms with Crippen molar-refractivity contribution in [2.24, 2.45) is 0 Å². The monoisotopic (exact) mass is 240 g/mol. The van der Waals surface area contributed by atoms with E-state index in [1.807, 2.05) is 18.2 Å². The molecule has 0 spiro atoms. The molecule has 0 aliphatic carbocycles. The predicted molar refractivity (Wildman–Crippen MR) is 66.1 cm³/mol. The van der Waals surface area contributed by atoms with Crippen molar-refractivity contribution in [2.45, 2.75) is 0 Å². The van der Waals surface area contributed by atoms with Gasteiger partial charge in [-0.3, -0.25) is 4.98 Å². The molecule has 0 atom stereocenters. The summed E-state index contributed by atoms with van der Waals surface area (Å²) in [5.74, 6) is 0. The molecule has 6 heteroatoms. The van der Waals surface area contributed by atoms with Gasteiger partial charge < -0.3 is 0 Å². The number of nitrogens with zero attached hydrogens (tertiary/aromatic N) is 6. The van der Waals surface area contributed by atoms with Crippen LogP contribution in [-0.4, -0.2) is 29.9 Å². The molecule has 0 radical (unpaired) electrons. The van der Waals surface area contributed by atoms with Gasteiger partial charge in [0.25, 0.3) is 0 Å². The first-order valence-corrected chi connectivity index (χ1v) is 5.10. The molecule has 3 rings (SSSR count). The minimum Gasteiger partial charge on any atom is -0.265 e. The van der Waals surface area contributed by atoms with Crippen LogP contribution in [0.5, 0.6) is 0 Å². The molecule has 6 nitrogen and oxygen atoms in total. The van der Waals surface area contributed by atoms with Crippen molar-refractivity contribution >= 4 is 0 Å². The molecule has 0 saturated heterocycles. The fourth-order valence-electron chi connectivity index (χ4n) is 0.771. The molecule has 0 aromatic carbocycles. The molecule has 0 N–H and O–H groups in total. The van der Waals surface area contributed by atoms with Crippen molar-refractivity contribution in [3.8, 4) is 0 Å². The lowest BCUT2D eigenvalue weighted by Crippen LogP contribution is -1.73. The average Bonchev–Trinajstić information content (AvgIpc) is 2.54. The Morgan fingerprint density at radius 2 is 0.778 bits per heavy atom. The van der Waals surface area contributed by atoms with Crippen LogP contribution in [0, 0.1) is 0 Å². The smallest absolute Gasteiger partial charge is 0.119 e. The van der Waals surface area contributed by atoms with Crippen LogP contribution in [0.1, 0.15) is 0 Å². The number of hydrogen-bond donors (Lipinski definition) is 0. The highest BCUT2D eigenvalue weighted by atomic mass is 14.9. The Morgan fingerprint density at radius 3 is 0.944 bits per heavy atom. The predicted octanol–water partition coefficient (Wildman–Crippen LogP) is 1.43. The van der Waals surface area contributed by atoms with E-state index in [9.17, 15) is 0 Å². The zero-order chi connectivity index (χ0) is 12.7. The lowest BCUT2D eigenvalue weighted by molar-refractivity contribution is 1.05. The summed E-state index contributed by atoms with van der Waals surface area (Å²) in [5.41, 5.74) is 0. The van der Waals surface area contributed by atoms with Gasteiger partial charge in [0.1, 0.15) is 25.3 Å². The average molecular weight is 240 g/mol. The molecule has 3 aromatic rings.